The molecule has 0 unspecified atom stereocenters. The Balaban J connectivity index is 1.48. The summed E-state index contributed by atoms with van der Waals surface area (Å²) < 4.78 is 5.50. The Morgan fingerprint density at radius 2 is 2.12 bits per heavy atom. The molecule has 5 heteroatoms. The van der Waals surface area contributed by atoms with Crippen LogP contribution in [0.25, 0.3) is 11.4 Å². The quantitative estimate of drug-likeness (QED) is 0.676. The van der Waals surface area contributed by atoms with Gasteiger partial charge in [-0.1, -0.05) is 42.4 Å². The molecule has 124 valence electrons. The third kappa shape index (κ3) is 3.14. The number of aryl methyl sites for hydroxylation is 1. The van der Waals surface area contributed by atoms with Crippen LogP contribution in [0.15, 0.2) is 46.3 Å². The highest BCUT2D eigenvalue weighted by Crippen LogP contribution is 2.35. The molecule has 0 radical (unpaired) electrons. The van der Waals surface area contributed by atoms with Crippen LogP contribution in [0.4, 0.5) is 0 Å². The van der Waals surface area contributed by atoms with Crippen molar-refractivity contribution in [1.29, 1.82) is 0 Å². The van der Waals surface area contributed by atoms with Gasteiger partial charge >= 0.3 is 0 Å². The highest BCUT2D eigenvalue weighted by atomic mass is 32.1. The normalized spacial score (nSPS) is 18.3. The molecule has 1 aromatic carbocycles. The van der Waals surface area contributed by atoms with E-state index in [9.17, 15) is 0 Å². The number of thiophene rings is 1. The number of aromatic nitrogens is 2. The summed E-state index contributed by atoms with van der Waals surface area (Å²) in [6, 6.07) is 13.2. The fourth-order valence-corrected chi connectivity index (χ4v) is 4.21. The molecule has 1 fully saturated rings. The summed E-state index contributed by atoms with van der Waals surface area (Å²) >= 11 is 1.83. The molecule has 0 spiro atoms. The van der Waals surface area contributed by atoms with Crippen LogP contribution in [0.3, 0.4) is 0 Å². The Morgan fingerprint density at radius 3 is 2.88 bits per heavy atom. The summed E-state index contributed by atoms with van der Waals surface area (Å²) in [7, 11) is 0. The van der Waals surface area contributed by atoms with E-state index in [2.05, 4.69) is 63.7 Å². The number of likely N-dealkylation sites (tertiary alicyclic amines) is 1. The molecule has 0 saturated carbocycles. The summed E-state index contributed by atoms with van der Waals surface area (Å²) in [5.74, 6) is 1.38. The van der Waals surface area contributed by atoms with Crippen molar-refractivity contribution in [2.24, 2.45) is 0 Å². The molecule has 0 N–H and O–H groups in total. The summed E-state index contributed by atoms with van der Waals surface area (Å²) in [4.78, 5) is 8.48. The van der Waals surface area contributed by atoms with Gasteiger partial charge in [-0.05, 0) is 42.8 Å². The highest BCUT2D eigenvalue weighted by molar-refractivity contribution is 7.10. The van der Waals surface area contributed by atoms with E-state index in [1.165, 1.54) is 23.3 Å². The van der Waals surface area contributed by atoms with E-state index in [-0.39, 0.29) is 0 Å². The van der Waals surface area contributed by atoms with Gasteiger partial charge in [0.05, 0.1) is 6.54 Å². The predicted molar refractivity (Wildman–Crippen MR) is 95.8 cm³/mol. The van der Waals surface area contributed by atoms with Crippen LogP contribution < -0.4 is 0 Å². The number of hydrogen-bond donors (Lipinski definition) is 0. The van der Waals surface area contributed by atoms with Crippen molar-refractivity contribution in [3.8, 4) is 11.4 Å². The molecule has 1 atom stereocenters. The molecule has 0 bridgehead atoms. The zero-order valence-corrected chi connectivity index (χ0v) is 14.6. The third-order valence-corrected chi connectivity index (χ3v) is 5.64. The van der Waals surface area contributed by atoms with Crippen molar-refractivity contribution in [3.05, 3.63) is 58.1 Å². The molecule has 3 aromatic rings. The van der Waals surface area contributed by atoms with Gasteiger partial charge in [0.15, 0.2) is 0 Å². The van der Waals surface area contributed by atoms with E-state index in [1.54, 1.807) is 0 Å². The van der Waals surface area contributed by atoms with Crippen molar-refractivity contribution in [2.75, 3.05) is 6.54 Å². The Kier molecular flexibility index (Phi) is 4.45. The number of benzene rings is 1. The Labute approximate surface area is 146 Å². The van der Waals surface area contributed by atoms with Gasteiger partial charge < -0.3 is 4.52 Å². The number of nitrogens with zero attached hydrogens (tertiary/aromatic N) is 3. The average molecular weight is 339 g/mol. The minimum absolute atomic E-state index is 0.490. The van der Waals surface area contributed by atoms with Crippen LogP contribution in [0, 0.1) is 0 Å². The molecule has 4 nitrogen and oxygen atoms in total. The van der Waals surface area contributed by atoms with Crippen LogP contribution >= 0.6 is 11.3 Å². The van der Waals surface area contributed by atoms with Crippen LogP contribution in [-0.2, 0) is 13.0 Å². The molecule has 2 aromatic heterocycles. The van der Waals surface area contributed by atoms with Crippen LogP contribution in [0.5, 0.6) is 0 Å². The number of rotatable bonds is 5. The lowest BCUT2D eigenvalue weighted by molar-refractivity contribution is 0.214. The Hall–Kier alpha value is -1.98. The average Bonchev–Trinajstić information content (AvgIpc) is 3.37. The van der Waals surface area contributed by atoms with Crippen LogP contribution in [-0.4, -0.2) is 21.6 Å². The number of hydrogen-bond acceptors (Lipinski definition) is 5. The highest BCUT2D eigenvalue weighted by Gasteiger charge is 2.28. The molecule has 24 heavy (non-hydrogen) atoms. The Morgan fingerprint density at radius 1 is 1.25 bits per heavy atom. The first-order chi connectivity index (χ1) is 11.8. The smallest absolute Gasteiger partial charge is 0.241 e. The summed E-state index contributed by atoms with van der Waals surface area (Å²) in [5, 5.41) is 6.31. The van der Waals surface area contributed by atoms with E-state index in [4.69, 9.17) is 4.52 Å². The van der Waals surface area contributed by atoms with E-state index >= 15 is 0 Å². The SMILES string of the molecule is CCc1ccc(-c2noc(CN3CCC[C@@H]3c3cccs3)n2)cc1. The molecular weight excluding hydrogens is 318 g/mol. The van der Waals surface area contributed by atoms with Gasteiger partial charge in [-0.15, -0.1) is 11.3 Å². The fourth-order valence-electron chi connectivity index (χ4n) is 3.32. The first-order valence-electron chi connectivity index (χ1n) is 8.53. The van der Waals surface area contributed by atoms with E-state index in [1.807, 2.05) is 11.3 Å². The van der Waals surface area contributed by atoms with Crippen molar-refractivity contribution in [3.63, 3.8) is 0 Å². The van der Waals surface area contributed by atoms with E-state index in [0.29, 0.717) is 17.8 Å². The van der Waals surface area contributed by atoms with E-state index < -0.39 is 0 Å². The molecule has 0 aliphatic carbocycles. The second-order valence-electron chi connectivity index (χ2n) is 6.21. The maximum atomic E-state index is 5.50. The van der Waals surface area contributed by atoms with Gasteiger partial charge in [0.25, 0.3) is 0 Å². The minimum Gasteiger partial charge on any atom is -0.338 e. The predicted octanol–water partition coefficient (Wildman–Crippen LogP) is 4.70. The first kappa shape index (κ1) is 15.5. The molecule has 1 aliphatic rings. The minimum atomic E-state index is 0.490. The Bertz CT molecular complexity index is 779. The molecule has 3 heterocycles. The zero-order valence-electron chi connectivity index (χ0n) is 13.8. The molecule has 1 saturated heterocycles. The topological polar surface area (TPSA) is 42.2 Å². The standard InChI is InChI=1S/C19H21N3OS/c1-2-14-7-9-15(10-8-14)19-20-18(23-21-19)13-22-11-3-5-16(22)17-6-4-12-24-17/h4,6-10,12,16H,2-3,5,11,13H2,1H3/t16-/m1/s1. The molecular formula is C19H21N3OS. The van der Waals surface area contributed by atoms with Crippen molar-refractivity contribution in [2.45, 2.75) is 38.8 Å². The maximum Gasteiger partial charge on any atom is 0.241 e. The summed E-state index contributed by atoms with van der Waals surface area (Å²) in [5.41, 5.74) is 2.33. The zero-order chi connectivity index (χ0) is 16.4. The lowest BCUT2D eigenvalue weighted by Crippen LogP contribution is -2.22. The van der Waals surface area contributed by atoms with Gasteiger partial charge in [0.2, 0.25) is 11.7 Å². The van der Waals surface area contributed by atoms with Gasteiger partial charge in [-0.3, -0.25) is 4.90 Å². The molecule has 0 amide bonds. The monoisotopic (exact) mass is 339 g/mol. The fraction of sp³-hybridized carbons (Fsp3) is 0.368. The second kappa shape index (κ2) is 6.87. The van der Waals surface area contributed by atoms with Gasteiger partial charge in [-0.25, -0.2) is 0 Å². The molecule has 1 aliphatic heterocycles. The van der Waals surface area contributed by atoms with Crippen molar-refractivity contribution >= 4 is 11.3 Å². The van der Waals surface area contributed by atoms with Gasteiger partial charge in [-0.2, -0.15) is 4.98 Å². The summed E-state index contributed by atoms with van der Waals surface area (Å²) in [6.07, 6.45) is 3.47. The first-order valence-corrected chi connectivity index (χ1v) is 9.41. The molecule has 4 rings (SSSR count). The van der Waals surface area contributed by atoms with E-state index in [0.717, 1.165) is 25.1 Å². The maximum absolute atomic E-state index is 5.50. The van der Waals surface area contributed by atoms with Gasteiger partial charge in [0, 0.05) is 16.5 Å². The van der Waals surface area contributed by atoms with Crippen molar-refractivity contribution in [1.82, 2.24) is 15.0 Å². The van der Waals surface area contributed by atoms with Gasteiger partial charge in [0.1, 0.15) is 0 Å². The lowest BCUT2D eigenvalue weighted by Gasteiger charge is -2.21. The van der Waals surface area contributed by atoms with Crippen LogP contribution in [0.2, 0.25) is 0 Å². The summed E-state index contributed by atoms with van der Waals surface area (Å²) in [6.45, 7) is 3.97. The second-order valence-corrected chi connectivity index (χ2v) is 7.19. The largest absolute Gasteiger partial charge is 0.338 e. The van der Waals surface area contributed by atoms with Crippen LogP contribution in [0.1, 0.15) is 42.1 Å². The lowest BCUT2D eigenvalue weighted by atomic mass is 10.1. The third-order valence-electron chi connectivity index (χ3n) is 4.66. The van der Waals surface area contributed by atoms with Crippen molar-refractivity contribution < 1.29 is 4.52 Å².